The highest BCUT2D eigenvalue weighted by molar-refractivity contribution is 5.05. The lowest BCUT2D eigenvalue weighted by Crippen LogP contribution is -2.34. The first-order valence-electron chi connectivity index (χ1n) is 5.59. The van der Waals surface area contributed by atoms with Gasteiger partial charge in [0.1, 0.15) is 11.5 Å². The minimum absolute atomic E-state index is 0.237. The summed E-state index contributed by atoms with van der Waals surface area (Å²) in [5.74, 6) is 2.59. The van der Waals surface area contributed by atoms with Crippen LogP contribution in [0.2, 0.25) is 0 Å². The van der Waals surface area contributed by atoms with Gasteiger partial charge in [-0.1, -0.05) is 13.8 Å². The zero-order valence-electron chi connectivity index (χ0n) is 9.92. The van der Waals surface area contributed by atoms with Gasteiger partial charge >= 0.3 is 0 Å². The highest BCUT2D eigenvalue weighted by atomic mass is 16.3. The number of nitrogens with two attached hydrogens (primary N) is 1. The van der Waals surface area contributed by atoms with Gasteiger partial charge in [-0.3, -0.25) is 0 Å². The summed E-state index contributed by atoms with van der Waals surface area (Å²) in [6.45, 7) is 7.94. The summed E-state index contributed by atoms with van der Waals surface area (Å²) in [5, 5.41) is 3.30. The molecule has 3 N–H and O–H groups in total. The van der Waals surface area contributed by atoms with Crippen molar-refractivity contribution in [3.05, 3.63) is 23.7 Å². The number of hydrogen-bond acceptors (Lipinski definition) is 3. The molecular weight excluding hydrogens is 188 g/mol. The summed E-state index contributed by atoms with van der Waals surface area (Å²) in [4.78, 5) is 0. The smallest absolute Gasteiger partial charge is 0.117 e. The Morgan fingerprint density at radius 1 is 1.40 bits per heavy atom. The summed E-state index contributed by atoms with van der Waals surface area (Å²) >= 11 is 0. The van der Waals surface area contributed by atoms with E-state index in [2.05, 4.69) is 19.2 Å². The van der Waals surface area contributed by atoms with Crippen LogP contribution in [0.25, 0.3) is 0 Å². The molecule has 0 amide bonds. The van der Waals surface area contributed by atoms with Crippen molar-refractivity contribution in [3.8, 4) is 0 Å². The molecule has 1 heterocycles. The maximum Gasteiger partial charge on any atom is 0.117 e. The summed E-state index contributed by atoms with van der Waals surface area (Å²) in [6, 6.07) is 4.21. The number of hydrogen-bond donors (Lipinski definition) is 2. The molecule has 0 saturated carbocycles. The fourth-order valence-corrected chi connectivity index (χ4v) is 1.65. The topological polar surface area (TPSA) is 51.2 Å². The van der Waals surface area contributed by atoms with E-state index in [0.29, 0.717) is 5.92 Å². The van der Waals surface area contributed by atoms with Crippen LogP contribution in [0.5, 0.6) is 0 Å². The van der Waals surface area contributed by atoms with Crippen LogP contribution >= 0.6 is 0 Å². The van der Waals surface area contributed by atoms with Crippen molar-refractivity contribution in [1.29, 1.82) is 0 Å². The second-order valence-electron chi connectivity index (χ2n) is 4.53. The van der Waals surface area contributed by atoms with Gasteiger partial charge in [-0.15, -0.1) is 0 Å². The highest BCUT2D eigenvalue weighted by Crippen LogP contribution is 2.06. The maximum absolute atomic E-state index is 5.95. The minimum Gasteiger partial charge on any atom is -0.465 e. The molecule has 0 aliphatic heterocycles. The third-order valence-corrected chi connectivity index (χ3v) is 2.28. The second-order valence-corrected chi connectivity index (χ2v) is 4.53. The molecule has 0 aliphatic rings. The van der Waals surface area contributed by atoms with E-state index in [1.54, 1.807) is 0 Å². The molecule has 0 bridgehead atoms. The van der Waals surface area contributed by atoms with Crippen LogP contribution < -0.4 is 11.1 Å². The van der Waals surface area contributed by atoms with Crippen LogP contribution in [0.3, 0.4) is 0 Å². The Balaban J connectivity index is 2.16. The van der Waals surface area contributed by atoms with Crippen LogP contribution in [0.15, 0.2) is 16.5 Å². The van der Waals surface area contributed by atoms with E-state index in [4.69, 9.17) is 10.2 Å². The molecule has 0 aliphatic carbocycles. The zero-order chi connectivity index (χ0) is 11.3. The van der Waals surface area contributed by atoms with Gasteiger partial charge in [-0.25, -0.2) is 0 Å². The Hall–Kier alpha value is -0.800. The summed E-state index contributed by atoms with van der Waals surface area (Å²) in [6.07, 6.45) is 1.06. The fraction of sp³-hybridized carbons (Fsp3) is 0.667. The zero-order valence-corrected chi connectivity index (χ0v) is 9.92. The molecule has 1 aromatic heterocycles. The monoisotopic (exact) mass is 210 g/mol. The fourth-order valence-electron chi connectivity index (χ4n) is 1.65. The summed E-state index contributed by atoms with van der Waals surface area (Å²) in [5.41, 5.74) is 5.95. The van der Waals surface area contributed by atoms with E-state index in [9.17, 15) is 0 Å². The van der Waals surface area contributed by atoms with Crippen LogP contribution in [0.4, 0.5) is 0 Å². The van der Waals surface area contributed by atoms with E-state index in [-0.39, 0.29) is 6.04 Å². The van der Waals surface area contributed by atoms with Crippen molar-refractivity contribution in [2.24, 2.45) is 11.7 Å². The number of furan rings is 1. The molecule has 1 rings (SSSR count). The number of nitrogens with one attached hydrogen (secondary N) is 1. The Kier molecular flexibility index (Phi) is 4.85. The predicted octanol–water partition coefficient (Wildman–Crippen LogP) is 2.05. The molecule has 0 saturated heterocycles. The van der Waals surface area contributed by atoms with Crippen molar-refractivity contribution in [2.75, 3.05) is 6.54 Å². The van der Waals surface area contributed by atoms with Gasteiger partial charge in [0, 0.05) is 12.6 Å². The van der Waals surface area contributed by atoms with Gasteiger partial charge in [-0.2, -0.15) is 0 Å². The Morgan fingerprint density at radius 3 is 2.67 bits per heavy atom. The largest absolute Gasteiger partial charge is 0.465 e. The standard InChI is InChI=1S/C12H22N2O/c1-9(2)6-11(13)7-14-8-12-5-4-10(3)15-12/h4-5,9,11,14H,6-8,13H2,1-3H3. The quantitative estimate of drug-likeness (QED) is 0.755. The first kappa shape index (κ1) is 12.3. The van der Waals surface area contributed by atoms with Gasteiger partial charge in [0.25, 0.3) is 0 Å². The molecule has 3 nitrogen and oxygen atoms in total. The van der Waals surface area contributed by atoms with Gasteiger partial charge < -0.3 is 15.5 Å². The summed E-state index contributed by atoms with van der Waals surface area (Å²) in [7, 11) is 0. The van der Waals surface area contributed by atoms with E-state index in [1.807, 2.05) is 19.1 Å². The Bertz CT molecular complexity index is 281. The first-order valence-corrected chi connectivity index (χ1v) is 5.59. The molecule has 0 aromatic carbocycles. The molecular formula is C12H22N2O. The molecule has 1 aromatic rings. The van der Waals surface area contributed by atoms with E-state index < -0.39 is 0 Å². The minimum atomic E-state index is 0.237. The van der Waals surface area contributed by atoms with Crippen LogP contribution in [0.1, 0.15) is 31.8 Å². The second kappa shape index (κ2) is 5.93. The van der Waals surface area contributed by atoms with Crippen molar-refractivity contribution < 1.29 is 4.42 Å². The van der Waals surface area contributed by atoms with Crippen molar-refractivity contribution >= 4 is 0 Å². The Morgan fingerprint density at radius 2 is 2.13 bits per heavy atom. The van der Waals surface area contributed by atoms with Gasteiger partial charge in [0.15, 0.2) is 0 Å². The normalized spacial score (nSPS) is 13.4. The number of aryl methyl sites for hydroxylation is 1. The third kappa shape index (κ3) is 5.00. The molecule has 3 heteroatoms. The molecule has 86 valence electrons. The molecule has 1 unspecified atom stereocenters. The van der Waals surface area contributed by atoms with E-state index in [0.717, 1.165) is 31.0 Å². The van der Waals surface area contributed by atoms with Crippen LogP contribution in [-0.2, 0) is 6.54 Å². The molecule has 0 fully saturated rings. The average molecular weight is 210 g/mol. The first-order chi connectivity index (χ1) is 7.08. The lowest BCUT2D eigenvalue weighted by atomic mass is 10.0. The average Bonchev–Trinajstić information content (AvgIpc) is 2.50. The molecule has 1 atom stereocenters. The lowest BCUT2D eigenvalue weighted by molar-refractivity contribution is 0.432. The third-order valence-electron chi connectivity index (χ3n) is 2.28. The predicted molar refractivity (Wildman–Crippen MR) is 62.6 cm³/mol. The molecule has 15 heavy (non-hydrogen) atoms. The van der Waals surface area contributed by atoms with Gasteiger partial charge in [0.2, 0.25) is 0 Å². The van der Waals surface area contributed by atoms with Crippen LogP contribution in [-0.4, -0.2) is 12.6 Å². The number of rotatable bonds is 6. The van der Waals surface area contributed by atoms with Crippen LogP contribution in [0, 0.1) is 12.8 Å². The molecule has 0 radical (unpaired) electrons. The van der Waals surface area contributed by atoms with E-state index >= 15 is 0 Å². The van der Waals surface area contributed by atoms with Crippen molar-refractivity contribution in [3.63, 3.8) is 0 Å². The van der Waals surface area contributed by atoms with Gasteiger partial charge in [-0.05, 0) is 31.4 Å². The van der Waals surface area contributed by atoms with Crippen molar-refractivity contribution in [2.45, 2.75) is 39.8 Å². The maximum atomic E-state index is 5.95. The highest BCUT2D eigenvalue weighted by Gasteiger charge is 2.05. The van der Waals surface area contributed by atoms with E-state index in [1.165, 1.54) is 0 Å². The summed E-state index contributed by atoms with van der Waals surface area (Å²) < 4.78 is 5.44. The Labute approximate surface area is 92.0 Å². The van der Waals surface area contributed by atoms with Crippen molar-refractivity contribution in [1.82, 2.24) is 5.32 Å². The molecule has 0 spiro atoms. The van der Waals surface area contributed by atoms with Gasteiger partial charge in [0.05, 0.1) is 6.54 Å². The lowest BCUT2D eigenvalue weighted by Gasteiger charge is -2.14. The SMILES string of the molecule is Cc1ccc(CNCC(N)CC(C)C)o1.